The highest BCUT2D eigenvalue weighted by molar-refractivity contribution is 7.98. The molecule has 0 atom stereocenters. The number of nitrogens with zero attached hydrogens (tertiary/aromatic N) is 1. The highest BCUT2D eigenvalue weighted by Crippen LogP contribution is 2.27. The van der Waals surface area contributed by atoms with E-state index in [2.05, 4.69) is 4.98 Å². The molecule has 0 saturated heterocycles. The van der Waals surface area contributed by atoms with Crippen LogP contribution in [-0.2, 0) is 17.1 Å². The molecule has 26 heavy (non-hydrogen) atoms. The predicted octanol–water partition coefficient (Wildman–Crippen LogP) is 5.07. The van der Waals surface area contributed by atoms with E-state index in [4.69, 9.17) is 13.6 Å². The van der Waals surface area contributed by atoms with Crippen LogP contribution in [0.5, 0.6) is 0 Å². The zero-order valence-corrected chi connectivity index (χ0v) is 14.6. The molecule has 4 aromatic rings. The van der Waals surface area contributed by atoms with Crippen molar-refractivity contribution in [3.63, 3.8) is 0 Å². The number of benzene rings is 2. The Morgan fingerprint density at radius 1 is 1.04 bits per heavy atom. The van der Waals surface area contributed by atoms with E-state index in [9.17, 15) is 4.79 Å². The van der Waals surface area contributed by atoms with Gasteiger partial charge in [0.1, 0.15) is 11.3 Å². The standard InChI is InChI=1S/C20H15NO4S/c22-20(24-12-19-21-16-8-2-3-9-17(16)25-19)15-7-1-4-10-18(15)26-13-14-6-5-11-23-14/h1-11H,12-13H2. The number of hydrogen-bond acceptors (Lipinski definition) is 6. The molecule has 5 nitrogen and oxygen atoms in total. The van der Waals surface area contributed by atoms with Crippen molar-refractivity contribution in [3.05, 3.63) is 84.1 Å². The molecule has 6 heteroatoms. The number of aromatic nitrogens is 1. The molecular weight excluding hydrogens is 350 g/mol. The van der Waals surface area contributed by atoms with Crippen LogP contribution in [0.2, 0.25) is 0 Å². The Morgan fingerprint density at radius 2 is 1.88 bits per heavy atom. The van der Waals surface area contributed by atoms with Gasteiger partial charge in [-0.2, -0.15) is 0 Å². The Balaban J connectivity index is 1.44. The molecule has 0 aliphatic heterocycles. The number of thioether (sulfide) groups is 1. The molecule has 0 saturated carbocycles. The first-order valence-electron chi connectivity index (χ1n) is 8.05. The summed E-state index contributed by atoms with van der Waals surface area (Å²) in [6.07, 6.45) is 1.64. The molecule has 4 rings (SSSR count). The van der Waals surface area contributed by atoms with Crippen LogP contribution in [0, 0.1) is 0 Å². The Morgan fingerprint density at radius 3 is 2.73 bits per heavy atom. The Labute approximate surface area is 154 Å². The van der Waals surface area contributed by atoms with Gasteiger partial charge in [0.2, 0.25) is 5.89 Å². The van der Waals surface area contributed by atoms with E-state index in [-0.39, 0.29) is 6.61 Å². The van der Waals surface area contributed by atoms with Crippen LogP contribution in [-0.4, -0.2) is 11.0 Å². The van der Waals surface area contributed by atoms with Crippen LogP contribution in [0.1, 0.15) is 22.0 Å². The van der Waals surface area contributed by atoms with Crippen molar-refractivity contribution in [1.29, 1.82) is 0 Å². The third kappa shape index (κ3) is 3.65. The van der Waals surface area contributed by atoms with E-state index in [1.807, 2.05) is 54.6 Å². The van der Waals surface area contributed by atoms with Gasteiger partial charge in [0, 0.05) is 4.90 Å². The lowest BCUT2D eigenvalue weighted by Gasteiger charge is -2.07. The molecule has 2 heterocycles. The Kier molecular flexibility index (Phi) is 4.75. The zero-order valence-electron chi connectivity index (χ0n) is 13.8. The van der Waals surface area contributed by atoms with Gasteiger partial charge >= 0.3 is 5.97 Å². The second kappa shape index (κ2) is 7.49. The normalized spacial score (nSPS) is 10.9. The number of carbonyl (C=O) groups excluding carboxylic acids is 1. The topological polar surface area (TPSA) is 65.5 Å². The molecule has 0 aliphatic carbocycles. The largest absolute Gasteiger partial charge is 0.468 e. The van der Waals surface area contributed by atoms with Crippen molar-refractivity contribution in [2.75, 3.05) is 0 Å². The van der Waals surface area contributed by atoms with Crippen molar-refractivity contribution >= 4 is 28.8 Å². The lowest BCUT2D eigenvalue weighted by Crippen LogP contribution is -2.06. The van der Waals surface area contributed by atoms with Gasteiger partial charge in [-0.25, -0.2) is 9.78 Å². The molecule has 0 fully saturated rings. The van der Waals surface area contributed by atoms with Gasteiger partial charge in [-0.3, -0.25) is 0 Å². The van der Waals surface area contributed by atoms with Crippen LogP contribution < -0.4 is 0 Å². The van der Waals surface area contributed by atoms with Crippen molar-refractivity contribution < 1.29 is 18.4 Å². The number of carbonyl (C=O) groups is 1. The lowest BCUT2D eigenvalue weighted by molar-refractivity contribution is 0.0436. The van der Waals surface area contributed by atoms with Gasteiger partial charge < -0.3 is 13.6 Å². The Hall–Kier alpha value is -2.99. The maximum absolute atomic E-state index is 12.5. The summed E-state index contributed by atoms with van der Waals surface area (Å²) in [5.41, 5.74) is 1.93. The van der Waals surface area contributed by atoms with Gasteiger partial charge in [-0.15, -0.1) is 11.8 Å². The number of fused-ring (bicyclic) bond motifs is 1. The molecule has 0 aliphatic rings. The monoisotopic (exact) mass is 365 g/mol. The number of oxazole rings is 1. The molecule has 0 unspecified atom stereocenters. The molecule has 130 valence electrons. The summed E-state index contributed by atoms with van der Waals surface area (Å²) in [4.78, 5) is 17.6. The van der Waals surface area contributed by atoms with Gasteiger partial charge in [0.05, 0.1) is 17.6 Å². The first-order valence-corrected chi connectivity index (χ1v) is 9.04. The summed E-state index contributed by atoms with van der Waals surface area (Å²) in [7, 11) is 0. The quantitative estimate of drug-likeness (QED) is 0.351. The summed E-state index contributed by atoms with van der Waals surface area (Å²) >= 11 is 1.52. The molecule has 2 aromatic heterocycles. The summed E-state index contributed by atoms with van der Waals surface area (Å²) in [6.45, 7) is -0.00923. The van der Waals surface area contributed by atoms with Crippen molar-refractivity contribution in [3.8, 4) is 0 Å². The highest BCUT2D eigenvalue weighted by Gasteiger charge is 2.15. The highest BCUT2D eigenvalue weighted by atomic mass is 32.2. The maximum atomic E-state index is 12.5. The molecule has 0 spiro atoms. The van der Waals surface area contributed by atoms with Crippen LogP contribution in [0.25, 0.3) is 11.1 Å². The van der Waals surface area contributed by atoms with E-state index in [1.54, 1.807) is 12.3 Å². The second-order valence-corrected chi connectivity index (χ2v) is 6.53. The molecule has 2 aromatic carbocycles. The molecular formula is C20H15NO4S. The van der Waals surface area contributed by atoms with Crippen molar-refractivity contribution in [2.45, 2.75) is 17.3 Å². The van der Waals surface area contributed by atoms with Gasteiger partial charge in [-0.1, -0.05) is 24.3 Å². The fourth-order valence-corrected chi connectivity index (χ4v) is 3.44. The van der Waals surface area contributed by atoms with Gasteiger partial charge in [0.15, 0.2) is 12.2 Å². The third-order valence-corrected chi connectivity index (χ3v) is 4.82. The van der Waals surface area contributed by atoms with E-state index in [1.165, 1.54) is 11.8 Å². The minimum atomic E-state index is -0.408. The average Bonchev–Trinajstić information content (AvgIpc) is 3.33. The number of para-hydroxylation sites is 2. The molecule has 0 N–H and O–H groups in total. The molecule has 0 radical (unpaired) electrons. The predicted molar refractivity (Wildman–Crippen MR) is 97.8 cm³/mol. The summed E-state index contributed by atoms with van der Waals surface area (Å²) in [6, 6.07) is 18.5. The fraction of sp³-hybridized carbons (Fsp3) is 0.100. The first kappa shape index (κ1) is 16.5. The third-order valence-electron chi connectivity index (χ3n) is 3.72. The number of hydrogen-bond donors (Lipinski definition) is 0. The van der Waals surface area contributed by atoms with E-state index < -0.39 is 5.97 Å². The summed E-state index contributed by atoms with van der Waals surface area (Å²) in [5, 5.41) is 0. The van der Waals surface area contributed by atoms with E-state index in [0.29, 0.717) is 22.8 Å². The van der Waals surface area contributed by atoms with Crippen molar-refractivity contribution in [1.82, 2.24) is 4.98 Å². The SMILES string of the molecule is O=C(OCc1nc2ccccc2o1)c1ccccc1SCc1ccco1. The number of esters is 1. The molecule has 0 amide bonds. The summed E-state index contributed by atoms with van der Waals surface area (Å²) in [5.74, 6) is 1.46. The molecule has 0 bridgehead atoms. The van der Waals surface area contributed by atoms with Gasteiger partial charge in [-0.05, 0) is 36.4 Å². The number of rotatable bonds is 6. The van der Waals surface area contributed by atoms with E-state index >= 15 is 0 Å². The minimum Gasteiger partial charge on any atom is -0.468 e. The second-order valence-electron chi connectivity index (χ2n) is 5.52. The van der Waals surface area contributed by atoms with E-state index in [0.717, 1.165) is 16.2 Å². The van der Waals surface area contributed by atoms with Crippen molar-refractivity contribution in [2.24, 2.45) is 0 Å². The fourth-order valence-electron chi connectivity index (χ4n) is 2.49. The lowest BCUT2D eigenvalue weighted by atomic mass is 10.2. The zero-order chi connectivity index (χ0) is 17.8. The first-order chi connectivity index (χ1) is 12.8. The van der Waals surface area contributed by atoms with Crippen LogP contribution in [0.3, 0.4) is 0 Å². The maximum Gasteiger partial charge on any atom is 0.339 e. The number of ether oxygens (including phenoxy) is 1. The van der Waals surface area contributed by atoms with Gasteiger partial charge in [0.25, 0.3) is 0 Å². The summed E-state index contributed by atoms with van der Waals surface area (Å²) < 4.78 is 16.3. The van der Waals surface area contributed by atoms with Crippen LogP contribution >= 0.6 is 11.8 Å². The number of furan rings is 1. The minimum absolute atomic E-state index is 0.00923. The van der Waals surface area contributed by atoms with Crippen LogP contribution in [0.15, 0.2) is 80.7 Å². The smallest absolute Gasteiger partial charge is 0.339 e. The Bertz CT molecular complexity index is 990. The average molecular weight is 365 g/mol. The van der Waals surface area contributed by atoms with Crippen LogP contribution in [0.4, 0.5) is 0 Å².